The number of halogens is 2. The summed E-state index contributed by atoms with van der Waals surface area (Å²) in [7, 11) is 0. The Morgan fingerprint density at radius 1 is 1.11 bits per heavy atom. The maximum Gasteiger partial charge on any atom is 0.255 e. The number of aliphatic hydroxyl groups is 2. The zero-order valence-corrected chi connectivity index (χ0v) is 21.5. The molecule has 37 heavy (non-hydrogen) atoms. The number of anilines is 1. The maximum atomic E-state index is 12.5. The summed E-state index contributed by atoms with van der Waals surface area (Å²) in [6.07, 6.45) is 7.13. The fourth-order valence-electron chi connectivity index (χ4n) is 4.92. The summed E-state index contributed by atoms with van der Waals surface area (Å²) in [6, 6.07) is 12.6. The van der Waals surface area contributed by atoms with Gasteiger partial charge in [0.05, 0.1) is 17.8 Å². The van der Waals surface area contributed by atoms with Crippen LogP contribution in [0.5, 0.6) is 0 Å². The Morgan fingerprint density at radius 3 is 2.62 bits per heavy atom. The molecule has 3 aromatic heterocycles. The Balaban J connectivity index is 0.000000586. The fraction of sp³-hybridized carbons (Fsp3) is 0.464. The third kappa shape index (κ3) is 7.42. The Labute approximate surface area is 215 Å². The van der Waals surface area contributed by atoms with E-state index >= 15 is 0 Å². The topological polar surface area (TPSA) is 96.1 Å². The number of fused-ring (bicyclic) bond motifs is 2. The Kier molecular flexibility index (Phi) is 8.34. The molecular formula is C28H35F2N5O2. The first kappa shape index (κ1) is 26.9. The molecule has 2 atom stereocenters. The number of rotatable bonds is 7. The van der Waals surface area contributed by atoms with E-state index in [2.05, 4.69) is 55.3 Å². The Bertz CT molecular complexity index is 1330. The van der Waals surface area contributed by atoms with Crippen LogP contribution in [0.4, 0.5) is 14.6 Å². The minimum Gasteiger partial charge on any atom is -0.366 e. The van der Waals surface area contributed by atoms with Crippen molar-refractivity contribution in [1.82, 2.24) is 19.5 Å². The molecule has 9 heteroatoms. The lowest BCUT2D eigenvalue weighted by Crippen LogP contribution is -2.15. The van der Waals surface area contributed by atoms with Crippen LogP contribution in [-0.2, 0) is 6.42 Å². The fourth-order valence-corrected chi connectivity index (χ4v) is 4.92. The highest BCUT2D eigenvalue weighted by atomic mass is 19.3. The Hall–Kier alpha value is -3.17. The molecule has 0 spiro atoms. The highest BCUT2D eigenvalue weighted by Gasteiger charge is 2.27. The molecular weight excluding hydrogens is 476 g/mol. The van der Waals surface area contributed by atoms with E-state index in [1.807, 2.05) is 13.0 Å². The van der Waals surface area contributed by atoms with Crippen LogP contribution in [-0.4, -0.2) is 48.5 Å². The van der Waals surface area contributed by atoms with Crippen molar-refractivity contribution in [2.24, 2.45) is 5.92 Å². The molecule has 5 rings (SSSR count). The van der Waals surface area contributed by atoms with Gasteiger partial charge in [0.2, 0.25) is 0 Å². The van der Waals surface area contributed by atoms with Crippen molar-refractivity contribution in [2.45, 2.75) is 71.1 Å². The van der Waals surface area contributed by atoms with E-state index in [0.717, 1.165) is 40.5 Å². The number of pyridine rings is 1. The zero-order valence-electron chi connectivity index (χ0n) is 21.5. The minimum absolute atomic E-state index is 0.386. The average Bonchev–Trinajstić information content (AvgIpc) is 3.48. The van der Waals surface area contributed by atoms with Crippen molar-refractivity contribution in [1.29, 1.82) is 0 Å². The van der Waals surface area contributed by atoms with Crippen molar-refractivity contribution in [3.05, 3.63) is 60.2 Å². The van der Waals surface area contributed by atoms with Crippen LogP contribution < -0.4 is 5.32 Å². The lowest BCUT2D eigenvalue weighted by atomic mass is 9.97. The van der Waals surface area contributed by atoms with E-state index in [1.165, 1.54) is 38.7 Å². The van der Waals surface area contributed by atoms with Gasteiger partial charge in [0.15, 0.2) is 5.79 Å². The number of aromatic nitrogens is 4. The van der Waals surface area contributed by atoms with Gasteiger partial charge < -0.3 is 20.1 Å². The third-order valence-corrected chi connectivity index (χ3v) is 6.65. The van der Waals surface area contributed by atoms with Gasteiger partial charge in [0.25, 0.3) is 6.43 Å². The number of nitrogens with one attached hydrogen (secondary N) is 1. The van der Waals surface area contributed by atoms with Gasteiger partial charge in [0, 0.05) is 23.0 Å². The van der Waals surface area contributed by atoms with E-state index in [4.69, 9.17) is 10.2 Å². The number of aryl methyl sites for hydroxylation is 2. The van der Waals surface area contributed by atoms with Crippen molar-refractivity contribution in [2.75, 3.05) is 11.9 Å². The molecule has 1 aliphatic carbocycles. The molecule has 2 unspecified atom stereocenters. The van der Waals surface area contributed by atoms with Crippen molar-refractivity contribution >= 4 is 27.8 Å². The molecule has 0 amide bonds. The molecule has 3 heterocycles. The van der Waals surface area contributed by atoms with E-state index in [-0.39, 0.29) is 6.54 Å². The third-order valence-electron chi connectivity index (χ3n) is 6.65. The molecule has 0 radical (unpaired) electrons. The number of nitrogens with zero attached hydrogens (tertiary/aromatic N) is 4. The largest absolute Gasteiger partial charge is 0.366 e. The normalized spacial score (nSPS) is 17.8. The predicted molar refractivity (Wildman–Crippen MR) is 142 cm³/mol. The van der Waals surface area contributed by atoms with Gasteiger partial charge in [-0.05, 0) is 88.6 Å². The highest BCUT2D eigenvalue weighted by Crippen LogP contribution is 2.38. The van der Waals surface area contributed by atoms with Crippen LogP contribution in [0.1, 0.15) is 56.8 Å². The van der Waals surface area contributed by atoms with Gasteiger partial charge in [-0.1, -0.05) is 12.1 Å². The molecule has 1 saturated carbocycles. The molecule has 1 aromatic carbocycles. The van der Waals surface area contributed by atoms with Gasteiger partial charge >= 0.3 is 0 Å². The van der Waals surface area contributed by atoms with Gasteiger partial charge in [0.1, 0.15) is 17.8 Å². The maximum absolute atomic E-state index is 12.5. The SMILES string of the molecule is CC(C)(O)O.Cc1ncnc2c1ccn2C1CCC(CCc2ccc3ccc(NCC(F)F)nc3c2)C1. The predicted octanol–water partition coefficient (Wildman–Crippen LogP) is 5.65. The second-order valence-electron chi connectivity index (χ2n) is 10.3. The molecule has 1 aliphatic rings. The minimum atomic E-state index is -2.39. The molecule has 0 saturated heterocycles. The van der Waals surface area contributed by atoms with Crippen LogP contribution in [0.25, 0.3) is 21.9 Å². The lowest BCUT2D eigenvalue weighted by molar-refractivity contribution is -0.127. The quantitative estimate of drug-likeness (QED) is 0.278. The number of benzene rings is 1. The number of hydrogen-bond acceptors (Lipinski definition) is 6. The monoisotopic (exact) mass is 511 g/mol. The second kappa shape index (κ2) is 11.5. The molecule has 1 fully saturated rings. The van der Waals surface area contributed by atoms with Crippen molar-refractivity contribution in [3.8, 4) is 0 Å². The van der Waals surface area contributed by atoms with Crippen LogP contribution in [0, 0.1) is 12.8 Å². The summed E-state index contributed by atoms with van der Waals surface area (Å²) in [6.45, 7) is 4.24. The smallest absolute Gasteiger partial charge is 0.255 e. The van der Waals surface area contributed by atoms with E-state index in [0.29, 0.717) is 17.8 Å². The average molecular weight is 512 g/mol. The summed E-state index contributed by atoms with van der Waals surface area (Å²) in [5.74, 6) is -0.324. The molecule has 7 nitrogen and oxygen atoms in total. The highest BCUT2D eigenvalue weighted by molar-refractivity contribution is 5.81. The molecule has 0 bridgehead atoms. The number of hydrogen-bond donors (Lipinski definition) is 3. The van der Waals surface area contributed by atoms with Gasteiger partial charge in [-0.15, -0.1) is 0 Å². The molecule has 198 valence electrons. The molecule has 0 aliphatic heterocycles. The summed E-state index contributed by atoms with van der Waals surface area (Å²) >= 11 is 0. The summed E-state index contributed by atoms with van der Waals surface area (Å²) < 4.78 is 27.3. The van der Waals surface area contributed by atoms with Crippen molar-refractivity contribution in [3.63, 3.8) is 0 Å². The van der Waals surface area contributed by atoms with Crippen molar-refractivity contribution < 1.29 is 19.0 Å². The van der Waals surface area contributed by atoms with Crippen LogP contribution >= 0.6 is 0 Å². The summed E-state index contributed by atoms with van der Waals surface area (Å²) in [5, 5.41) is 21.0. The van der Waals surface area contributed by atoms with Crippen LogP contribution in [0.15, 0.2) is 48.9 Å². The van der Waals surface area contributed by atoms with Gasteiger partial charge in [-0.3, -0.25) is 0 Å². The summed E-state index contributed by atoms with van der Waals surface area (Å²) in [4.78, 5) is 13.3. The second-order valence-corrected chi connectivity index (χ2v) is 10.3. The summed E-state index contributed by atoms with van der Waals surface area (Å²) in [5.41, 5.74) is 4.16. The zero-order chi connectivity index (χ0) is 26.6. The number of alkyl halides is 2. The molecule has 3 N–H and O–H groups in total. The first-order valence-electron chi connectivity index (χ1n) is 12.7. The van der Waals surface area contributed by atoms with Gasteiger partial charge in [-0.25, -0.2) is 23.7 Å². The van der Waals surface area contributed by atoms with Crippen LogP contribution in [0.3, 0.4) is 0 Å². The first-order valence-corrected chi connectivity index (χ1v) is 12.7. The molecule has 4 aromatic rings. The standard InChI is InChI=1S/C25H27F2N5.C3H8O2/c1-16-21-10-11-32(25(21)30-15-29-16)20-8-5-17(12-20)2-3-18-4-6-19-7-9-24(28-14-23(26)27)31-22(19)13-18;1-3(2,4)5/h4,6-7,9-11,13,15,17,20,23H,2-3,5,8,12,14H2,1H3,(H,28,31);4-5H,1-2H3. The van der Waals surface area contributed by atoms with Gasteiger partial charge in [-0.2, -0.15) is 0 Å². The first-order chi connectivity index (χ1) is 17.6. The van der Waals surface area contributed by atoms with E-state index in [1.54, 1.807) is 12.4 Å². The van der Waals surface area contributed by atoms with Crippen LogP contribution in [0.2, 0.25) is 0 Å². The lowest BCUT2D eigenvalue weighted by Gasteiger charge is -2.14. The Morgan fingerprint density at radius 2 is 1.86 bits per heavy atom. The van der Waals surface area contributed by atoms with E-state index in [9.17, 15) is 8.78 Å². The van der Waals surface area contributed by atoms with E-state index < -0.39 is 12.2 Å².